The summed E-state index contributed by atoms with van der Waals surface area (Å²) in [5.74, 6) is 0. The minimum atomic E-state index is -3.70. The third kappa shape index (κ3) is 3.53. The maximum Gasteiger partial charge on any atom is 0.243 e. The molecule has 2 atom stereocenters. The Kier molecular flexibility index (Phi) is 5.48. The summed E-state index contributed by atoms with van der Waals surface area (Å²) in [5, 5.41) is 10.5. The highest BCUT2D eigenvalue weighted by molar-refractivity contribution is 7.89. The fourth-order valence-corrected chi connectivity index (χ4v) is 4.84. The summed E-state index contributed by atoms with van der Waals surface area (Å²) in [4.78, 5) is 0.322. The van der Waals surface area contributed by atoms with Crippen molar-refractivity contribution < 1.29 is 13.5 Å². The summed E-state index contributed by atoms with van der Waals surface area (Å²) < 4.78 is 27.4. The van der Waals surface area contributed by atoms with Crippen molar-refractivity contribution in [3.63, 3.8) is 0 Å². The molecule has 0 saturated heterocycles. The molecule has 24 heavy (non-hydrogen) atoms. The molecule has 2 rings (SSSR count). The fourth-order valence-electron chi connectivity index (χ4n) is 3.06. The van der Waals surface area contributed by atoms with Gasteiger partial charge in [-0.25, -0.2) is 8.42 Å². The van der Waals surface area contributed by atoms with E-state index in [2.05, 4.69) is 0 Å². The molecule has 0 aliphatic rings. The first-order chi connectivity index (χ1) is 11.2. The first-order valence-corrected chi connectivity index (χ1v) is 9.39. The maximum absolute atomic E-state index is 13.1. The molecule has 130 valence electrons. The van der Waals surface area contributed by atoms with Gasteiger partial charge in [0, 0.05) is 7.05 Å². The number of aryl methyl sites for hydroxylation is 3. The molecule has 0 aliphatic heterocycles. The van der Waals surface area contributed by atoms with Crippen molar-refractivity contribution >= 4 is 10.0 Å². The van der Waals surface area contributed by atoms with Crippen molar-refractivity contribution in [1.82, 2.24) is 4.31 Å². The molecule has 0 aliphatic carbocycles. The zero-order valence-corrected chi connectivity index (χ0v) is 15.6. The van der Waals surface area contributed by atoms with E-state index in [1.807, 2.05) is 37.3 Å². The summed E-state index contributed by atoms with van der Waals surface area (Å²) >= 11 is 0. The van der Waals surface area contributed by atoms with Crippen molar-refractivity contribution in [2.45, 2.75) is 44.7 Å². The predicted octanol–water partition coefficient (Wildman–Crippen LogP) is 3.35. The zero-order chi connectivity index (χ0) is 18.1. The van der Waals surface area contributed by atoms with E-state index in [0.717, 1.165) is 16.7 Å². The maximum atomic E-state index is 13.1. The van der Waals surface area contributed by atoms with Crippen molar-refractivity contribution in [2.24, 2.45) is 0 Å². The van der Waals surface area contributed by atoms with Crippen LogP contribution in [0, 0.1) is 20.8 Å². The lowest BCUT2D eigenvalue weighted by molar-refractivity contribution is 0.108. The topological polar surface area (TPSA) is 57.6 Å². The monoisotopic (exact) mass is 347 g/mol. The molecule has 0 aromatic heterocycles. The van der Waals surface area contributed by atoms with Gasteiger partial charge >= 0.3 is 0 Å². The molecular weight excluding hydrogens is 322 g/mol. The van der Waals surface area contributed by atoms with Gasteiger partial charge in [-0.15, -0.1) is 0 Å². The predicted molar refractivity (Wildman–Crippen MR) is 96.5 cm³/mol. The van der Waals surface area contributed by atoms with Crippen LogP contribution in [0.15, 0.2) is 47.4 Å². The van der Waals surface area contributed by atoms with E-state index >= 15 is 0 Å². The summed E-state index contributed by atoms with van der Waals surface area (Å²) in [6, 6.07) is 12.3. The lowest BCUT2D eigenvalue weighted by atomic mass is 10.0. The van der Waals surface area contributed by atoms with Gasteiger partial charge in [-0.3, -0.25) is 0 Å². The van der Waals surface area contributed by atoms with E-state index in [1.54, 1.807) is 32.9 Å². The van der Waals surface area contributed by atoms with Crippen LogP contribution in [-0.4, -0.2) is 30.9 Å². The van der Waals surface area contributed by atoms with Crippen molar-refractivity contribution in [1.29, 1.82) is 0 Å². The minimum absolute atomic E-state index is 0.322. The first kappa shape index (κ1) is 18.6. The molecule has 0 spiro atoms. The Morgan fingerprint density at radius 2 is 1.50 bits per heavy atom. The molecule has 2 aromatic rings. The Morgan fingerprint density at radius 1 is 1.00 bits per heavy atom. The molecule has 0 radical (unpaired) electrons. The molecule has 0 unspecified atom stereocenters. The van der Waals surface area contributed by atoms with Crippen LogP contribution in [-0.2, 0) is 10.0 Å². The smallest absolute Gasteiger partial charge is 0.243 e. The lowest BCUT2D eigenvalue weighted by Crippen LogP contribution is -2.39. The third-order valence-electron chi connectivity index (χ3n) is 4.41. The zero-order valence-electron chi connectivity index (χ0n) is 14.8. The Balaban J connectivity index is 2.39. The van der Waals surface area contributed by atoms with Gasteiger partial charge in [-0.1, -0.05) is 48.0 Å². The van der Waals surface area contributed by atoms with Crippen LogP contribution in [0.5, 0.6) is 0 Å². The molecule has 0 bridgehead atoms. The number of aliphatic hydroxyl groups excluding tert-OH is 1. The highest BCUT2D eigenvalue weighted by Gasteiger charge is 2.32. The average molecular weight is 347 g/mol. The Hall–Kier alpha value is -1.69. The number of hydrogen-bond acceptors (Lipinski definition) is 3. The van der Waals surface area contributed by atoms with Crippen molar-refractivity contribution in [3.05, 3.63) is 64.7 Å². The second kappa shape index (κ2) is 7.05. The Morgan fingerprint density at radius 3 is 2.00 bits per heavy atom. The fraction of sp³-hybridized carbons (Fsp3) is 0.368. The number of benzene rings is 2. The van der Waals surface area contributed by atoms with Gasteiger partial charge in [0.05, 0.1) is 17.0 Å². The number of sulfonamides is 1. The number of likely N-dealkylation sites (N-methyl/N-ethyl adjacent to an activating group) is 1. The van der Waals surface area contributed by atoms with Crippen molar-refractivity contribution in [2.75, 3.05) is 7.05 Å². The highest BCUT2D eigenvalue weighted by Crippen LogP contribution is 2.29. The van der Waals surface area contributed by atoms with Gasteiger partial charge in [0.15, 0.2) is 0 Å². The van der Waals surface area contributed by atoms with Gasteiger partial charge in [-0.2, -0.15) is 4.31 Å². The lowest BCUT2D eigenvalue weighted by Gasteiger charge is -2.29. The van der Waals surface area contributed by atoms with Crippen LogP contribution in [0.2, 0.25) is 0 Å². The average Bonchev–Trinajstić information content (AvgIpc) is 2.52. The van der Waals surface area contributed by atoms with E-state index in [0.29, 0.717) is 10.5 Å². The van der Waals surface area contributed by atoms with Crippen LogP contribution < -0.4 is 0 Å². The van der Waals surface area contributed by atoms with Gasteiger partial charge < -0.3 is 5.11 Å². The third-order valence-corrected chi connectivity index (χ3v) is 6.66. The van der Waals surface area contributed by atoms with Gasteiger partial charge in [0.1, 0.15) is 0 Å². The largest absolute Gasteiger partial charge is 0.387 e. The highest BCUT2D eigenvalue weighted by atomic mass is 32.2. The number of rotatable bonds is 5. The second-order valence-electron chi connectivity index (χ2n) is 6.35. The molecule has 0 heterocycles. The summed E-state index contributed by atoms with van der Waals surface area (Å²) in [7, 11) is -2.18. The van der Waals surface area contributed by atoms with E-state index in [4.69, 9.17) is 0 Å². The summed E-state index contributed by atoms with van der Waals surface area (Å²) in [6.45, 7) is 7.27. The first-order valence-electron chi connectivity index (χ1n) is 7.95. The van der Waals surface area contributed by atoms with Crippen LogP contribution in [0.3, 0.4) is 0 Å². The van der Waals surface area contributed by atoms with Crippen LogP contribution in [0.25, 0.3) is 0 Å². The van der Waals surface area contributed by atoms with Crippen LogP contribution in [0.4, 0.5) is 0 Å². The normalized spacial score (nSPS) is 14.6. The van der Waals surface area contributed by atoms with Gasteiger partial charge in [-0.05, 0) is 44.4 Å². The molecule has 0 fully saturated rings. The number of nitrogens with zero attached hydrogens (tertiary/aromatic N) is 1. The minimum Gasteiger partial charge on any atom is -0.387 e. The van der Waals surface area contributed by atoms with E-state index in [9.17, 15) is 13.5 Å². The van der Waals surface area contributed by atoms with E-state index in [-0.39, 0.29) is 0 Å². The van der Waals surface area contributed by atoms with Gasteiger partial charge in [0.25, 0.3) is 0 Å². The molecule has 4 nitrogen and oxygen atoms in total. The Labute approximate surface area is 144 Å². The Bertz CT molecular complexity index is 793. The van der Waals surface area contributed by atoms with Crippen molar-refractivity contribution in [3.8, 4) is 0 Å². The molecule has 5 heteroatoms. The molecular formula is C19H25NO3S. The summed E-state index contributed by atoms with van der Waals surface area (Å²) in [6.07, 6.45) is -0.892. The van der Waals surface area contributed by atoms with E-state index in [1.165, 1.54) is 11.4 Å². The molecule has 2 aromatic carbocycles. The van der Waals surface area contributed by atoms with Crippen LogP contribution >= 0.6 is 0 Å². The molecule has 1 N–H and O–H groups in total. The van der Waals surface area contributed by atoms with Gasteiger partial charge in [0.2, 0.25) is 10.0 Å². The quantitative estimate of drug-likeness (QED) is 0.902. The summed E-state index contributed by atoms with van der Waals surface area (Å²) in [5.41, 5.74) is 3.18. The standard InChI is InChI=1S/C19H25NO3S/c1-13-11-14(2)19(15(3)12-13)24(22,23)20(5)16(4)18(21)17-9-7-6-8-10-17/h6-12,16,18,21H,1-5H3/t16-,18-/m0/s1. The van der Waals surface area contributed by atoms with E-state index < -0.39 is 22.2 Å². The molecule has 0 saturated carbocycles. The molecule has 0 amide bonds. The SMILES string of the molecule is Cc1cc(C)c(S(=O)(=O)N(C)[C@@H](C)[C@H](O)c2ccccc2)c(C)c1. The second-order valence-corrected chi connectivity index (χ2v) is 8.28. The number of aliphatic hydroxyl groups is 1. The number of hydrogen-bond donors (Lipinski definition) is 1. The van der Waals surface area contributed by atoms with Crippen LogP contribution in [0.1, 0.15) is 35.3 Å².